The second-order valence-electron chi connectivity index (χ2n) is 2.07. The molecule has 0 aliphatic carbocycles. The summed E-state index contributed by atoms with van der Waals surface area (Å²) in [5.41, 5.74) is 0.830. The highest BCUT2D eigenvalue weighted by Gasteiger charge is 2.20. The average molecular weight is 218 g/mol. The molecule has 0 radical (unpaired) electrons. The van der Waals surface area contributed by atoms with Gasteiger partial charge in [0.05, 0.1) is 15.9 Å². The van der Waals surface area contributed by atoms with Gasteiger partial charge in [-0.1, -0.05) is 0 Å². The van der Waals surface area contributed by atoms with Crippen LogP contribution in [0.15, 0.2) is 9.85 Å². The zero-order valence-electron chi connectivity index (χ0n) is 4.98. The van der Waals surface area contributed by atoms with E-state index in [9.17, 15) is 4.79 Å². The first-order valence-electron chi connectivity index (χ1n) is 2.84. The van der Waals surface area contributed by atoms with Gasteiger partial charge in [0.15, 0.2) is 5.78 Å². The lowest BCUT2D eigenvalue weighted by atomic mass is 10.2. The van der Waals surface area contributed by atoms with Crippen molar-refractivity contribution in [1.82, 2.24) is 0 Å². The fraction of sp³-hybridized carbons (Fsp3) is 0.167. The van der Waals surface area contributed by atoms with Crippen molar-refractivity contribution >= 4 is 38.1 Å². The first-order chi connectivity index (χ1) is 4.77. The molecule has 10 heavy (non-hydrogen) atoms. The van der Waals surface area contributed by atoms with Crippen molar-refractivity contribution in [2.24, 2.45) is 0 Å². The van der Waals surface area contributed by atoms with Gasteiger partial charge in [-0.2, -0.15) is 0 Å². The molecule has 0 aromatic carbocycles. The van der Waals surface area contributed by atoms with Gasteiger partial charge in [0.1, 0.15) is 5.00 Å². The number of carbonyl (C=O) groups is 1. The van der Waals surface area contributed by atoms with Crippen molar-refractivity contribution in [1.29, 1.82) is 0 Å². The number of fused-ring (bicyclic) bond motifs is 1. The van der Waals surface area contributed by atoms with Crippen LogP contribution in [-0.4, -0.2) is 12.3 Å². The molecule has 0 bridgehead atoms. The minimum absolute atomic E-state index is 0.192. The third-order valence-corrected chi connectivity index (χ3v) is 3.01. The van der Waals surface area contributed by atoms with Crippen molar-refractivity contribution in [3.63, 3.8) is 0 Å². The van der Waals surface area contributed by atoms with Gasteiger partial charge >= 0.3 is 0 Å². The van der Waals surface area contributed by atoms with Gasteiger partial charge < -0.3 is 5.32 Å². The SMILES string of the molecule is O=C1CNc2sc(Br)cc21. The molecule has 2 rings (SSSR count). The zero-order valence-corrected chi connectivity index (χ0v) is 7.38. The lowest BCUT2D eigenvalue weighted by Crippen LogP contribution is -2.00. The van der Waals surface area contributed by atoms with E-state index in [-0.39, 0.29) is 5.78 Å². The highest BCUT2D eigenvalue weighted by Crippen LogP contribution is 2.34. The first-order valence-corrected chi connectivity index (χ1v) is 4.45. The molecule has 0 spiro atoms. The number of Topliss-reactive ketones (excluding diaryl/α,β-unsaturated/α-hetero) is 1. The molecule has 1 aliphatic heterocycles. The Kier molecular flexibility index (Phi) is 1.32. The van der Waals surface area contributed by atoms with E-state index in [0.717, 1.165) is 14.4 Å². The summed E-state index contributed by atoms with van der Waals surface area (Å²) >= 11 is 4.88. The van der Waals surface area contributed by atoms with Crippen LogP contribution in [0.5, 0.6) is 0 Å². The predicted octanol–water partition coefficient (Wildman–Crippen LogP) is 2.12. The summed E-state index contributed by atoms with van der Waals surface area (Å²) in [5.74, 6) is 0.192. The summed E-state index contributed by atoms with van der Waals surface area (Å²) in [6, 6.07) is 1.86. The van der Waals surface area contributed by atoms with Crippen LogP contribution >= 0.6 is 27.3 Å². The summed E-state index contributed by atoms with van der Waals surface area (Å²) in [6.07, 6.45) is 0. The van der Waals surface area contributed by atoms with Crippen molar-refractivity contribution in [3.05, 3.63) is 15.4 Å². The average Bonchev–Trinajstić information content (AvgIpc) is 2.35. The maximum atomic E-state index is 11.0. The number of hydrogen-bond donors (Lipinski definition) is 1. The van der Waals surface area contributed by atoms with E-state index in [1.54, 1.807) is 11.3 Å². The van der Waals surface area contributed by atoms with Crippen molar-refractivity contribution in [2.45, 2.75) is 0 Å². The number of hydrogen-bond acceptors (Lipinski definition) is 3. The summed E-state index contributed by atoms with van der Waals surface area (Å²) in [4.78, 5) is 11.0. The number of nitrogens with one attached hydrogen (secondary N) is 1. The van der Waals surface area contributed by atoms with Crippen molar-refractivity contribution in [3.8, 4) is 0 Å². The minimum Gasteiger partial charge on any atom is -0.369 e. The minimum atomic E-state index is 0.192. The summed E-state index contributed by atoms with van der Waals surface area (Å²) < 4.78 is 1.01. The molecule has 0 saturated carbocycles. The Labute approximate surface area is 70.4 Å². The summed E-state index contributed by atoms with van der Waals surface area (Å²) in [5, 5.41) is 4.01. The molecule has 0 fully saturated rings. The topological polar surface area (TPSA) is 29.1 Å². The van der Waals surface area contributed by atoms with Crippen molar-refractivity contribution < 1.29 is 4.79 Å². The van der Waals surface area contributed by atoms with E-state index in [1.807, 2.05) is 6.07 Å². The molecule has 1 aromatic heterocycles. The monoisotopic (exact) mass is 217 g/mol. The molecule has 1 N–H and O–H groups in total. The van der Waals surface area contributed by atoms with Crippen LogP contribution < -0.4 is 5.32 Å². The number of anilines is 1. The lowest BCUT2D eigenvalue weighted by Gasteiger charge is -1.85. The fourth-order valence-electron chi connectivity index (χ4n) is 0.955. The molecule has 2 nitrogen and oxygen atoms in total. The number of ketones is 1. The number of thiophene rings is 1. The molecule has 1 aromatic rings. The molecule has 4 heteroatoms. The zero-order chi connectivity index (χ0) is 7.14. The fourth-order valence-corrected chi connectivity index (χ4v) is 2.47. The second kappa shape index (κ2) is 2.07. The lowest BCUT2D eigenvalue weighted by molar-refractivity contribution is 0.101. The van der Waals surface area contributed by atoms with Crippen LogP contribution in [0.1, 0.15) is 10.4 Å². The van der Waals surface area contributed by atoms with E-state index in [2.05, 4.69) is 21.2 Å². The standard InChI is InChI=1S/C6H4BrNOS/c7-5-1-3-4(9)2-8-6(3)10-5/h1,8H,2H2. The maximum absolute atomic E-state index is 11.0. The molecule has 0 atom stereocenters. The molecular weight excluding hydrogens is 214 g/mol. The molecule has 52 valence electrons. The van der Waals surface area contributed by atoms with Crippen LogP contribution in [0.4, 0.5) is 5.00 Å². The number of rotatable bonds is 0. The molecule has 0 amide bonds. The Morgan fingerprint density at radius 3 is 3.20 bits per heavy atom. The van der Waals surface area contributed by atoms with Crippen LogP contribution in [0.25, 0.3) is 0 Å². The Hall–Kier alpha value is -0.350. The van der Waals surface area contributed by atoms with Crippen LogP contribution in [0.2, 0.25) is 0 Å². The Bertz CT molecular complexity index is 294. The molecule has 0 saturated heterocycles. The van der Waals surface area contributed by atoms with E-state index in [1.165, 1.54) is 0 Å². The normalized spacial score (nSPS) is 15.1. The largest absolute Gasteiger partial charge is 0.369 e. The third kappa shape index (κ3) is 0.793. The predicted molar refractivity (Wildman–Crippen MR) is 44.8 cm³/mol. The molecule has 0 unspecified atom stereocenters. The molecule has 1 aliphatic rings. The maximum Gasteiger partial charge on any atom is 0.184 e. The van der Waals surface area contributed by atoms with Gasteiger partial charge in [-0.25, -0.2) is 0 Å². The van der Waals surface area contributed by atoms with E-state index in [4.69, 9.17) is 0 Å². The van der Waals surface area contributed by atoms with Gasteiger partial charge in [0.2, 0.25) is 0 Å². The summed E-state index contributed by atoms with van der Waals surface area (Å²) in [6.45, 7) is 0.467. The van der Waals surface area contributed by atoms with Gasteiger partial charge in [0, 0.05) is 0 Å². The van der Waals surface area contributed by atoms with Crippen LogP contribution in [0, 0.1) is 0 Å². The van der Waals surface area contributed by atoms with Gasteiger partial charge in [-0.3, -0.25) is 4.79 Å². The van der Waals surface area contributed by atoms with E-state index < -0.39 is 0 Å². The highest BCUT2D eigenvalue weighted by molar-refractivity contribution is 9.11. The quantitative estimate of drug-likeness (QED) is 0.722. The third-order valence-electron chi connectivity index (χ3n) is 1.41. The molecule has 2 heterocycles. The van der Waals surface area contributed by atoms with Crippen LogP contribution in [-0.2, 0) is 0 Å². The van der Waals surface area contributed by atoms with Gasteiger partial charge in [-0.15, -0.1) is 11.3 Å². The van der Waals surface area contributed by atoms with E-state index in [0.29, 0.717) is 6.54 Å². The van der Waals surface area contributed by atoms with Crippen LogP contribution in [0.3, 0.4) is 0 Å². The second-order valence-corrected chi connectivity index (χ2v) is 4.50. The highest BCUT2D eigenvalue weighted by atomic mass is 79.9. The first kappa shape index (κ1) is 6.37. The Balaban J connectivity index is 2.59. The molecular formula is C6H4BrNOS. The number of carbonyl (C=O) groups excluding carboxylic acids is 1. The smallest absolute Gasteiger partial charge is 0.184 e. The van der Waals surface area contributed by atoms with Gasteiger partial charge in [-0.05, 0) is 22.0 Å². The van der Waals surface area contributed by atoms with Crippen molar-refractivity contribution in [2.75, 3.05) is 11.9 Å². The number of halogens is 1. The Morgan fingerprint density at radius 2 is 2.50 bits per heavy atom. The summed E-state index contributed by atoms with van der Waals surface area (Å²) in [7, 11) is 0. The van der Waals surface area contributed by atoms with Gasteiger partial charge in [0.25, 0.3) is 0 Å². The Morgan fingerprint density at radius 1 is 1.70 bits per heavy atom. The van der Waals surface area contributed by atoms with E-state index >= 15 is 0 Å².